The number of hydrogen-bond donors (Lipinski definition) is 2. The molecule has 2 heterocycles. The average molecular weight is 188 g/mol. The molecular weight excluding hydrogens is 180 g/mol. The molecule has 14 heavy (non-hydrogen) atoms. The van der Waals surface area contributed by atoms with E-state index in [9.17, 15) is 4.79 Å². The van der Waals surface area contributed by atoms with Crippen molar-refractivity contribution in [2.75, 3.05) is 5.32 Å². The normalized spacial score (nSPS) is 10.0. The summed E-state index contributed by atoms with van der Waals surface area (Å²) >= 11 is 0. The first kappa shape index (κ1) is 8.43. The highest BCUT2D eigenvalue weighted by atomic mass is 16.2. The monoisotopic (exact) mass is 188 g/mol. The number of hydrogen-bond acceptors (Lipinski definition) is 3. The molecule has 0 saturated heterocycles. The first-order valence-corrected chi connectivity index (χ1v) is 4.03. The van der Waals surface area contributed by atoms with Crippen molar-refractivity contribution in [1.29, 1.82) is 0 Å². The molecule has 3 N–H and O–H groups in total. The Morgan fingerprint density at radius 2 is 2.14 bits per heavy atom. The van der Waals surface area contributed by atoms with Gasteiger partial charge >= 0.3 is 6.03 Å². The number of anilines is 1. The predicted molar refractivity (Wildman–Crippen MR) is 52.7 cm³/mol. The summed E-state index contributed by atoms with van der Waals surface area (Å²) in [6.45, 7) is 0. The Hall–Kier alpha value is -2.17. The molecule has 0 aliphatic carbocycles. The minimum Gasteiger partial charge on any atom is -0.351 e. The number of carbonyl (C=O) groups excluding carboxylic acids is 1. The quantitative estimate of drug-likeness (QED) is 0.703. The number of nitrogens with zero attached hydrogens (tertiary/aromatic N) is 2. The van der Waals surface area contributed by atoms with Crippen LogP contribution in [0.3, 0.4) is 0 Å². The van der Waals surface area contributed by atoms with E-state index in [1.807, 2.05) is 6.07 Å². The Balaban J connectivity index is 2.59. The van der Waals surface area contributed by atoms with Crippen LogP contribution in [0.15, 0.2) is 30.6 Å². The maximum Gasteiger partial charge on any atom is 0.316 e. The minimum absolute atomic E-state index is 0.572. The molecule has 0 saturated carbocycles. The molecule has 0 aliphatic rings. The molecular formula is C9H8N4O. The van der Waals surface area contributed by atoms with Gasteiger partial charge in [0.15, 0.2) is 0 Å². The van der Waals surface area contributed by atoms with Gasteiger partial charge in [-0.15, -0.1) is 0 Å². The lowest BCUT2D eigenvalue weighted by Gasteiger charge is -2.03. The molecule has 0 aliphatic heterocycles. The highest BCUT2D eigenvalue weighted by Gasteiger charge is 2.03. The van der Waals surface area contributed by atoms with Gasteiger partial charge in [0.1, 0.15) is 5.52 Å². The lowest BCUT2D eigenvalue weighted by atomic mass is 10.3. The van der Waals surface area contributed by atoms with Crippen LogP contribution in [0.1, 0.15) is 0 Å². The zero-order valence-corrected chi connectivity index (χ0v) is 7.27. The third-order valence-electron chi connectivity index (χ3n) is 1.75. The van der Waals surface area contributed by atoms with Crippen molar-refractivity contribution < 1.29 is 4.79 Å². The highest BCUT2D eigenvalue weighted by molar-refractivity contribution is 5.97. The maximum absolute atomic E-state index is 10.7. The van der Waals surface area contributed by atoms with Crippen LogP contribution < -0.4 is 11.1 Å². The van der Waals surface area contributed by atoms with E-state index in [0.717, 1.165) is 5.52 Å². The zero-order valence-electron chi connectivity index (χ0n) is 7.27. The Bertz CT molecular complexity index is 478. The Morgan fingerprint density at radius 1 is 1.29 bits per heavy atom. The van der Waals surface area contributed by atoms with E-state index < -0.39 is 6.03 Å². The van der Waals surface area contributed by atoms with Crippen LogP contribution in [0.4, 0.5) is 10.5 Å². The highest BCUT2D eigenvalue weighted by Crippen LogP contribution is 2.17. The number of fused-ring (bicyclic) bond motifs is 1. The van der Waals surface area contributed by atoms with Crippen LogP contribution in [0.25, 0.3) is 11.0 Å². The zero-order chi connectivity index (χ0) is 9.97. The first-order chi connectivity index (χ1) is 6.77. The lowest BCUT2D eigenvalue weighted by molar-refractivity contribution is 0.259. The number of rotatable bonds is 1. The number of nitrogens with two attached hydrogens (primary N) is 1. The number of pyridine rings is 2. The van der Waals surface area contributed by atoms with Gasteiger partial charge in [0.25, 0.3) is 0 Å². The molecule has 0 atom stereocenters. The molecule has 2 rings (SSSR count). The molecule has 0 fully saturated rings. The maximum atomic E-state index is 10.7. The molecule has 2 aromatic rings. The third kappa shape index (κ3) is 1.47. The summed E-state index contributed by atoms with van der Waals surface area (Å²) in [6.07, 6.45) is 3.23. The number of carbonyl (C=O) groups is 1. The summed E-state index contributed by atoms with van der Waals surface area (Å²) in [5, 5.41) is 2.48. The fourth-order valence-electron chi connectivity index (χ4n) is 1.21. The largest absolute Gasteiger partial charge is 0.351 e. The van der Waals surface area contributed by atoms with Gasteiger partial charge in [0.05, 0.1) is 11.2 Å². The number of aromatic nitrogens is 2. The van der Waals surface area contributed by atoms with E-state index in [-0.39, 0.29) is 0 Å². The Labute approximate surface area is 80.0 Å². The van der Waals surface area contributed by atoms with Crippen molar-refractivity contribution in [3.8, 4) is 0 Å². The summed E-state index contributed by atoms with van der Waals surface area (Å²) in [6, 6.07) is 4.64. The Kier molecular flexibility index (Phi) is 1.98. The summed E-state index contributed by atoms with van der Waals surface area (Å²) in [5.74, 6) is 0. The number of urea groups is 1. The van der Waals surface area contributed by atoms with Gasteiger partial charge in [-0.25, -0.2) is 4.79 Å². The third-order valence-corrected chi connectivity index (χ3v) is 1.75. The standard InChI is InChI=1S/C9H8N4O/c10-9(14)13-7-3-5-11-6-2-1-4-12-8(6)7/h1-5H,(H3,10,11,13,14). The second-order valence-electron chi connectivity index (χ2n) is 2.72. The van der Waals surface area contributed by atoms with Crippen LogP contribution in [0, 0.1) is 0 Å². The first-order valence-electron chi connectivity index (χ1n) is 4.03. The lowest BCUT2D eigenvalue weighted by Crippen LogP contribution is -2.19. The van der Waals surface area contributed by atoms with Crippen LogP contribution >= 0.6 is 0 Å². The summed E-state index contributed by atoms with van der Waals surface area (Å²) < 4.78 is 0. The van der Waals surface area contributed by atoms with Crippen LogP contribution in [-0.2, 0) is 0 Å². The molecule has 2 aromatic heterocycles. The van der Waals surface area contributed by atoms with Crippen molar-refractivity contribution in [2.24, 2.45) is 5.73 Å². The second-order valence-corrected chi connectivity index (χ2v) is 2.72. The fraction of sp³-hybridized carbons (Fsp3) is 0. The van der Waals surface area contributed by atoms with Crippen molar-refractivity contribution >= 4 is 22.8 Å². The minimum atomic E-state index is -0.608. The van der Waals surface area contributed by atoms with Gasteiger partial charge < -0.3 is 11.1 Å². The molecule has 0 aromatic carbocycles. The molecule has 5 heteroatoms. The predicted octanol–water partition coefficient (Wildman–Crippen LogP) is 1.12. The fourth-order valence-corrected chi connectivity index (χ4v) is 1.21. The van der Waals surface area contributed by atoms with Crippen molar-refractivity contribution in [3.63, 3.8) is 0 Å². The smallest absolute Gasteiger partial charge is 0.316 e. The Morgan fingerprint density at radius 3 is 2.93 bits per heavy atom. The van der Waals surface area contributed by atoms with E-state index in [1.165, 1.54) is 0 Å². The molecule has 2 amide bonds. The molecule has 0 unspecified atom stereocenters. The number of amides is 2. The van der Waals surface area contributed by atoms with E-state index in [4.69, 9.17) is 5.73 Å². The summed E-state index contributed by atoms with van der Waals surface area (Å²) in [5.41, 5.74) is 6.94. The molecule has 0 bridgehead atoms. The summed E-state index contributed by atoms with van der Waals surface area (Å²) in [7, 11) is 0. The molecule has 0 radical (unpaired) electrons. The van der Waals surface area contributed by atoms with Crippen molar-refractivity contribution in [2.45, 2.75) is 0 Å². The van der Waals surface area contributed by atoms with Gasteiger partial charge in [-0.1, -0.05) is 0 Å². The van der Waals surface area contributed by atoms with E-state index >= 15 is 0 Å². The molecule has 0 spiro atoms. The van der Waals surface area contributed by atoms with E-state index in [0.29, 0.717) is 11.2 Å². The van der Waals surface area contributed by atoms with Crippen molar-refractivity contribution in [3.05, 3.63) is 30.6 Å². The van der Waals surface area contributed by atoms with Crippen molar-refractivity contribution in [1.82, 2.24) is 9.97 Å². The average Bonchev–Trinajstić information content (AvgIpc) is 2.18. The van der Waals surface area contributed by atoms with Gasteiger partial charge in [-0.2, -0.15) is 0 Å². The molecule has 70 valence electrons. The topological polar surface area (TPSA) is 80.9 Å². The van der Waals surface area contributed by atoms with E-state index in [1.54, 1.807) is 24.5 Å². The van der Waals surface area contributed by atoms with Crippen LogP contribution in [0.5, 0.6) is 0 Å². The van der Waals surface area contributed by atoms with Gasteiger partial charge in [-0.3, -0.25) is 9.97 Å². The number of nitrogens with one attached hydrogen (secondary N) is 1. The molecule has 5 nitrogen and oxygen atoms in total. The van der Waals surface area contributed by atoms with Gasteiger partial charge in [0.2, 0.25) is 0 Å². The van der Waals surface area contributed by atoms with Crippen LogP contribution in [-0.4, -0.2) is 16.0 Å². The van der Waals surface area contributed by atoms with Gasteiger partial charge in [0, 0.05) is 12.4 Å². The second kappa shape index (κ2) is 3.29. The summed E-state index contributed by atoms with van der Waals surface area (Å²) in [4.78, 5) is 18.9. The van der Waals surface area contributed by atoms with E-state index in [2.05, 4.69) is 15.3 Å². The number of primary amides is 1. The SMILES string of the molecule is NC(=O)Nc1ccnc2cccnc12. The van der Waals surface area contributed by atoms with Gasteiger partial charge in [-0.05, 0) is 18.2 Å². The van der Waals surface area contributed by atoms with Crippen LogP contribution in [0.2, 0.25) is 0 Å².